The summed E-state index contributed by atoms with van der Waals surface area (Å²) in [6.07, 6.45) is 2.67. The lowest BCUT2D eigenvalue weighted by Crippen LogP contribution is -2.53. The van der Waals surface area contributed by atoms with Gasteiger partial charge in [-0.2, -0.15) is 0 Å². The number of carbonyl (C=O) groups is 2. The van der Waals surface area contributed by atoms with Crippen LogP contribution in [0.25, 0.3) is 0 Å². The number of halogens is 1. The summed E-state index contributed by atoms with van der Waals surface area (Å²) in [6, 6.07) is 8.26. The molecule has 4 rings (SSSR count). The molecule has 11 heteroatoms. The fourth-order valence-corrected chi connectivity index (χ4v) is 5.36. The maximum atomic E-state index is 14.1. The predicted molar refractivity (Wildman–Crippen MR) is 150 cm³/mol. The number of benzene rings is 1. The summed E-state index contributed by atoms with van der Waals surface area (Å²) >= 11 is 0. The zero-order valence-corrected chi connectivity index (χ0v) is 23.5. The third-order valence-corrected chi connectivity index (χ3v) is 7.30. The van der Waals surface area contributed by atoms with Crippen molar-refractivity contribution < 1.29 is 28.6 Å². The first-order valence-electron chi connectivity index (χ1n) is 13.9. The van der Waals surface area contributed by atoms with E-state index in [-0.39, 0.29) is 23.5 Å². The number of hydrogen-bond acceptors (Lipinski definition) is 7. The molecule has 1 aromatic heterocycles. The van der Waals surface area contributed by atoms with Crippen molar-refractivity contribution in [3.05, 3.63) is 47.9 Å². The van der Waals surface area contributed by atoms with Gasteiger partial charge in [0.15, 0.2) is 0 Å². The average molecular weight is 558 g/mol. The van der Waals surface area contributed by atoms with Crippen LogP contribution in [0.5, 0.6) is 5.75 Å². The third-order valence-electron chi connectivity index (χ3n) is 7.30. The van der Waals surface area contributed by atoms with Gasteiger partial charge in [-0.15, -0.1) is 0 Å². The molecule has 1 aliphatic carbocycles. The summed E-state index contributed by atoms with van der Waals surface area (Å²) in [5.74, 6) is -0.125. The Morgan fingerprint density at radius 3 is 2.58 bits per heavy atom. The van der Waals surface area contributed by atoms with Crippen molar-refractivity contribution in [1.29, 1.82) is 0 Å². The summed E-state index contributed by atoms with van der Waals surface area (Å²) in [7, 11) is 0. The summed E-state index contributed by atoms with van der Waals surface area (Å²) in [6.45, 7) is 10.3. The van der Waals surface area contributed by atoms with Gasteiger partial charge >= 0.3 is 6.09 Å². The highest BCUT2D eigenvalue weighted by Crippen LogP contribution is 2.29. The Bertz CT molecular complexity index is 1160. The molecule has 218 valence electrons. The van der Waals surface area contributed by atoms with Gasteiger partial charge in [0.2, 0.25) is 0 Å². The number of aromatic nitrogens is 1. The largest absolute Gasteiger partial charge is 0.492 e. The van der Waals surface area contributed by atoms with Crippen LogP contribution in [0.2, 0.25) is 0 Å². The molecule has 2 aromatic rings. The van der Waals surface area contributed by atoms with Crippen LogP contribution in [0.4, 0.5) is 20.7 Å². The topological polar surface area (TPSA) is 116 Å². The number of carbonyl (C=O) groups excluding carboxylic acids is 1. The number of hydrogen-bond donors (Lipinski definition) is 3. The molecule has 0 atom stereocenters. The monoisotopic (exact) mass is 557 g/mol. The minimum absolute atomic E-state index is 0.0996. The normalized spacial score (nSPS) is 20.0. The number of amides is 2. The first-order valence-corrected chi connectivity index (χ1v) is 13.9. The number of anilines is 2. The first kappa shape index (κ1) is 29.5. The Kier molecular flexibility index (Phi) is 9.80. The van der Waals surface area contributed by atoms with Crippen LogP contribution < -0.4 is 15.4 Å². The lowest BCUT2D eigenvalue weighted by atomic mass is 9.88. The highest BCUT2D eigenvalue weighted by Gasteiger charge is 2.36. The summed E-state index contributed by atoms with van der Waals surface area (Å²) in [4.78, 5) is 33.0. The fraction of sp³-hybridized carbons (Fsp3) is 0.552. The molecule has 10 nitrogen and oxygen atoms in total. The van der Waals surface area contributed by atoms with Gasteiger partial charge in [-0.1, -0.05) is 6.07 Å². The molecule has 2 heterocycles. The zero-order valence-electron chi connectivity index (χ0n) is 23.5. The quantitative estimate of drug-likeness (QED) is 0.413. The van der Waals surface area contributed by atoms with Gasteiger partial charge in [-0.3, -0.25) is 9.69 Å². The number of nitrogens with zero attached hydrogens (tertiary/aromatic N) is 3. The second-order valence-electron chi connectivity index (χ2n) is 11.3. The molecule has 0 radical (unpaired) electrons. The van der Waals surface area contributed by atoms with E-state index in [0.29, 0.717) is 43.7 Å². The third kappa shape index (κ3) is 8.04. The maximum absolute atomic E-state index is 14.1. The van der Waals surface area contributed by atoms with E-state index in [2.05, 4.69) is 20.5 Å². The van der Waals surface area contributed by atoms with Gasteiger partial charge < -0.3 is 30.1 Å². The maximum Gasteiger partial charge on any atom is 0.407 e. The summed E-state index contributed by atoms with van der Waals surface area (Å²) in [5.41, 5.74) is 0.252. The number of ether oxygens (including phenoxy) is 2. The highest BCUT2D eigenvalue weighted by molar-refractivity contribution is 5.99. The summed E-state index contributed by atoms with van der Waals surface area (Å²) < 4.78 is 25.4. The van der Waals surface area contributed by atoms with E-state index in [4.69, 9.17) is 9.47 Å². The Balaban J connectivity index is 1.35. The molecule has 1 saturated carbocycles. The first-order chi connectivity index (χ1) is 19.1. The molecule has 1 saturated heterocycles. The van der Waals surface area contributed by atoms with E-state index >= 15 is 0 Å². The number of nitrogens with one attached hydrogen (secondary N) is 2. The van der Waals surface area contributed by atoms with Gasteiger partial charge in [0, 0.05) is 49.0 Å². The second-order valence-corrected chi connectivity index (χ2v) is 11.3. The van der Waals surface area contributed by atoms with Crippen LogP contribution >= 0.6 is 0 Å². The second kappa shape index (κ2) is 13.3. The van der Waals surface area contributed by atoms with Gasteiger partial charge in [-0.05, 0) is 64.7 Å². The lowest BCUT2D eigenvalue weighted by molar-refractivity contribution is 0.0322. The van der Waals surface area contributed by atoms with E-state index in [1.54, 1.807) is 0 Å². The van der Waals surface area contributed by atoms with Crippen LogP contribution in [-0.4, -0.2) is 89.0 Å². The van der Waals surface area contributed by atoms with Gasteiger partial charge in [0.1, 0.15) is 24.0 Å². The number of morpholine rings is 1. The molecular weight excluding hydrogens is 517 g/mol. The van der Waals surface area contributed by atoms with Crippen molar-refractivity contribution in [2.75, 3.05) is 44.8 Å². The van der Waals surface area contributed by atoms with Crippen molar-refractivity contribution in [2.45, 2.75) is 64.1 Å². The van der Waals surface area contributed by atoms with E-state index in [9.17, 15) is 19.1 Å². The Morgan fingerprint density at radius 1 is 1.18 bits per heavy atom. The predicted octanol–water partition coefficient (Wildman–Crippen LogP) is 4.49. The molecule has 0 spiro atoms. The Labute approximate surface area is 234 Å². The number of rotatable bonds is 9. The molecule has 0 bridgehead atoms. The molecule has 3 N–H and O–H groups in total. The van der Waals surface area contributed by atoms with Crippen LogP contribution in [0.3, 0.4) is 0 Å². The van der Waals surface area contributed by atoms with Crippen molar-refractivity contribution in [3.8, 4) is 5.75 Å². The van der Waals surface area contributed by atoms with Crippen molar-refractivity contribution >= 4 is 23.5 Å². The minimum atomic E-state index is -0.937. The Morgan fingerprint density at radius 2 is 1.90 bits per heavy atom. The average Bonchev–Trinajstić information content (AvgIpc) is 2.90. The zero-order chi connectivity index (χ0) is 28.7. The number of carboxylic acid groups (broad SMARTS) is 1. The van der Waals surface area contributed by atoms with Crippen LogP contribution in [0.1, 0.15) is 56.8 Å². The molecule has 1 aromatic carbocycles. The summed E-state index contributed by atoms with van der Waals surface area (Å²) in [5, 5.41) is 15.8. The van der Waals surface area contributed by atoms with Crippen molar-refractivity contribution in [1.82, 2.24) is 20.1 Å². The molecule has 2 amide bonds. The van der Waals surface area contributed by atoms with Gasteiger partial charge in [0.25, 0.3) is 5.91 Å². The molecule has 0 unspecified atom stereocenters. The SMILES string of the molecule is CC(C)(C)N(C(=O)O)[C@H]1CC[C@@H](NC(=O)c2cc(F)cnc2Nc2cccc(OCCN3CCOCC3)c2)CC1. The van der Waals surface area contributed by atoms with E-state index in [1.165, 1.54) is 11.0 Å². The lowest BCUT2D eigenvalue weighted by Gasteiger charge is -2.42. The molecule has 2 aliphatic rings. The fourth-order valence-electron chi connectivity index (χ4n) is 5.36. The van der Waals surface area contributed by atoms with Crippen LogP contribution in [0.15, 0.2) is 36.5 Å². The van der Waals surface area contributed by atoms with Crippen LogP contribution in [0, 0.1) is 5.82 Å². The minimum Gasteiger partial charge on any atom is -0.492 e. The Hall–Kier alpha value is -3.44. The number of pyridine rings is 1. The molecular formula is C29H40FN5O5. The molecule has 1 aliphatic heterocycles. The smallest absolute Gasteiger partial charge is 0.407 e. The van der Waals surface area contributed by atoms with E-state index in [0.717, 1.165) is 39.0 Å². The van der Waals surface area contributed by atoms with Gasteiger partial charge in [-0.25, -0.2) is 14.2 Å². The standard InChI is InChI=1S/C29H40FN5O5/c1-29(2,3)35(28(37)38)23-9-7-21(8-10-23)33-27(36)25-17-20(30)19-31-26(25)32-22-5-4-6-24(18-22)40-16-13-34-11-14-39-15-12-34/h4-6,17-19,21,23H,7-16H2,1-3H3,(H,31,32)(H,33,36)(H,37,38)/t21-,23+. The van der Waals surface area contributed by atoms with Crippen LogP contribution in [-0.2, 0) is 4.74 Å². The van der Waals surface area contributed by atoms with Gasteiger partial charge in [0.05, 0.1) is 25.0 Å². The molecule has 40 heavy (non-hydrogen) atoms. The van der Waals surface area contributed by atoms with Crippen molar-refractivity contribution in [2.24, 2.45) is 0 Å². The van der Waals surface area contributed by atoms with E-state index < -0.39 is 23.4 Å². The highest BCUT2D eigenvalue weighted by atomic mass is 19.1. The molecule has 2 fully saturated rings. The van der Waals surface area contributed by atoms with Crippen molar-refractivity contribution in [3.63, 3.8) is 0 Å². The van der Waals surface area contributed by atoms with E-state index in [1.807, 2.05) is 45.0 Å².